The molecule has 1 aromatic rings. The zero-order valence-electron chi connectivity index (χ0n) is 9.67. The van der Waals surface area contributed by atoms with E-state index in [-0.39, 0.29) is 10.9 Å². The van der Waals surface area contributed by atoms with Crippen molar-refractivity contribution in [1.29, 1.82) is 0 Å². The van der Waals surface area contributed by atoms with Gasteiger partial charge in [-0.1, -0.05) is 40.0 Å². The van der Waals surface area contributed by atoms with Gasteiger partial charge in [-0.05, 0) is 46.9 Å². The minimum absolute atomic E-state index is 0.0896. The Balaban J connectivity index is 2.02. The van der Waals surface area contributed by atoms with Crippen molar-refractivity contribution in [3.05, 3.63) is 39.1 Å². The van der Waals surface area contributed by atoms with Gasteiger partial charge in [-0.25, -0.2) is 4.39 Å². The maximum Gasteiger partial charge on any atom is 0.170 e. The van der Waals surface area contributed by atoms with Gasteiger partial charge >= 0.3 is 0 Å². The first-order chi connectivity index (χ1) is 8.58. The summed E-state index contributed by atoms with van der Waals surface area (Å²) in [6.07, 6.45) is 5.86. The van der Waals surface area contributed by atoms with E-state index < -0.39 is 11.6 Å². The van der Waals surface area contributed by atoms with Gasteiger partial charge in [-0.3, -0.25) is 0 Å². The summed E-state index contributed by atoms with van der Waals surface area (Å²) >= 11 is 9.46. The van der Waals surface area contributed by atoms with Gasteiger partial charge in [0.05, 0.1) is 5.02 Å². The molecule has 4 heteroatoms. The molecule has 3 atom stereocenters. The first-order valence-corrected chi connectivity index (χ1v) is 7.30. The van der Waals surface area contributed by atoms with Gasteiger partial charge in [0.1, 0.15) is 0 Å². The number of hydrogen-bond acceptors (Lipinski definition) is 1. The van der Waals surface area contributed by atoms with E-state index in [0.29, 0.717) is 11.8 Å². The molecule has 1 aromatic carbocycles. The van der Waals surface area contributed by atoms with Crippen LogP contribution in [-0.2, 0) is 0 Å². The minimum Gasteiger partial charge on any atom is -0.504 e. The van der Waals surface area contributed by atoms with Crippen molar-refractivity contribution < 1.29 is 9.50 Å². The van der Waals surface area contributed by atoms with Gasteiger partial charge < -0.3 is 5.11 Å². The number of benzene rings is 1. The van der Waals surface area contributed by atoms with Crippen molar-refractivity contribution in [3.63, 3.8) is 0 Å². The van der Waals surface area contributed by atoms with E-state index in [4.69, 9.17) is 11.6 Å². The van der Waals surface area contributed by atoms with E-state index in [1.807, 2.05) is 0 Å². The number of hydrogen-bond donors (Lipinski definition) is 1. The van der Waals surface area contributed by atoms with Gasteiger partial charge in [-0.15, -0.1) is 0 Å². The summed E-state index contributed by atoms with van der Waals surface area (Å²) in [5.41, 5.74) is 0.854. The molecule has 3 rings (SSSR count). The standard InChI is InChI=1S/C14H13BrClFO/c15-10-4-7-2-1-3-9(7)13(10)8-5-11(16)14(18)12(17)6-8/h4-7,9,13,18H,1-3H2. The molecule has 0 radical (unpaired) electrons. The average Bonchev–Trinajstić information content (AvgIpc) is 2.84. The fourth-order valence-corrected chi connectivity index (χ4v) is 4.48. The number of rotatable bonds is 1. The van der Waals surface area contributed by atoms with E-state index >= 15 is 0 Å². The molecule has 0 bridgehead atoms. The van der Waals surface area contributed by atoms with Crippen LogP contribution in [0.25, 0.3) is 0 Å². The Morgan fingerprint density at radius 2 is 2.11 bits per heavy atom. The number of fused-ring (bicyclic) bond motifs is 1. The summed E-state index contributed by atoms with van der Waals surface area (Å²) in [4.78, 5) is 0. The third-order valence-electron chi connectivity index (χ3n) is 4.12. The zero-order chi connectivity index (χ0) is 12.9. The van der Waals surface area contributed by atoms with Gasteiger partial charge in [0, 0.05) is 5.92 Å². The summed E-state index contributed by atoms with van der Waals surface area (Å²) in [5.74, 6) is 0.227. The van der Waals surface area contributed by atoms with Gasteiger partial charge in [-0.2, -0.15) is 0 Å². The lowest BCUT2D eigenvalue weighted by atomic mass is 9.85. The van der Waals surface area contributed by atoms with Crippen molar-refractivity contribution in [2.45, 2.75) is 25.2 Å². The van der Waals surface area contributed by atoms with Crippen molar-refractivity contribution in [2.75, 3.05) is 0 Å². The van der Waals surface area contributed by atoms with E-state index in [1.165, 1.54) is 25.3 Å². The van der Waals surface area contributed by atoms with Crippen LogP contribution in [0.15, 0.2) is 22.7 Å². The summed E-state index contributed by atoms with van der Waals surface area (Å²) in [6, 6.07) is 3.09. The third-order valence-corrected chi connectivity index (χ3v) is 5.17. The largest absolute Gasteiger partial charge is 0.504 e. The van der Waals surface area contributed by atoms with E-state index in [1.54, 1.807) is 6.07 Å². The lowest BCUT2D eigenvalue weighted by molar-refractivity contribution is 0.425. The molecular formula is C14H13BrClFO. The second-order valence-electron chi connectivity index (χ2n) is 5.12. The van der Waals surface area contributed by atoms with Gasteiger partial charge in [0.2, 0.25) is 0 Å². The SMILES string of the molecule is Oc1c(F)cc(C2C(Br)=CC3CCCC32)cc1Cl. The summed E-state index contributed by atoms with van der Waals surface area (Å²) in [7, 11) is 0. The fourth-order valence-electron chi connectivity index (χ4n) is 3.32. The highest BCUT2D eigenvalue weighted by atomic mass is 79.9. The Morgan fingerprint density at radius 3 is 2.83 bits per heavy atom. The quantitative estimate of drug-likeness (QED) is 0.769. The predicted octanol–water partition coefficient (Wildman–Crippen LogP) is 4.98. The Hall–Kier alpha value is -0.540. The van der Waals surface area contributed by atoms with Crippen molar-refractivity contribution in [1.82, 2.24) is 0 Å². The maximum absolute atomic E-state index is 13.6. The molecule has 1 fully saturated rings. The molecule has 3 unspecified atom stereocenters. The summed E-state index contributed by atoms with van der Waals surface area (Å²) in [6.45, 7) is 0. The molecule has 0 aliphatic heterocycles. The van der Waals surface area contributed by atoms with Crippen LogP contribution < -0.4 is 0 Å². The average molecular weight is 332 g/mol. The molecule has 0 aromatic heterocycles. The minimum atomic E-state index is -0.640. The number of aromatic hydroxyl groups is 1. The Labute approximate surface area is 119 Å². The molecule has 2 aliphatic carbocycles. The van der Waals surface area contributed by atoms with Gasteiger partial charge in [0.15, 0.2) is 11.6 Å². The predicted molar refractivity (Wildman–Crippen MR) is 73.7 cm³/mol. The molecule has 0 saturated heterocycles. The first kappa shape index (κ1) is 12.5. The number of phenolic OH excluding ortho intramolecular Hbond substituents is 1. The van der Waals surface area contributed by atoms with Crippen LogP contribution in [-0.4, -0.2) is 5.11 Å². The van der Waals surface area contributed by atoms with Crippen LogP contribution in [0.2, 0.25) is 5.02 Å². The van der Waals surface area contributed by atoms with Crippen molar-refractivity contribution in [2.24, 2.45) is 11.8 Å². The van der Waals surface area contributed by atoms with Crippen LogP contribution in [0.4, 0.5) is 4.39 Å². The van der Waals surface area contributed by atoms with Crippen molar-refractivity contribution >= 4 is 27.5 Å². The smallest absolute Gasteiger partial charge is 0.170 e. The first-order valence-electron chi connectivity index (χ1n) is 6.13. The maximum atomic E-state index is 13.6. The number of allylic oxidation sites excluding steroid dienone is 2. The molecule has 0 heterocycles. The normalized spacial score (nSPS) is 30.4. The fraction of sp³-hybridized carbons (Fsp3) is 0.429. The highest BCUT2D eigenvalue weighted by Crippen LogP contribution is 2.53. The highest BCUT2D eigenvalue weighted by molar-refractivity contribution is 9.11. The highest BCUT2D eigenvalue weighted by Gasteiger charge is 2.40. The second kappa shape index (κ2) is 4.53. The lowest BCUT2D eigenvalue weighted by Crippen LogP contribution is -2.10. The second-order valence-corrected chi connectivity index (χ2v) is 6.44. The molecule has 96 valence electrons. The lowest BCUT2D eigenvalue weighted by Gasteiger charge is -2.21. The molecule has 18 heavy (non-hydrogen) atoms. The molecule has 1 N–H and O–H groups in total. The Kier molecular flexibility index (Phi) is 3.15. The number of phenols is 1. The molecule has 1 saturated carbocycles. The molecule has 1 nitrogen and oxygen atoms in total. The zero-order valence-corrected chi connectivity index (χ0v) is 12.0. The van der Waals surface area contributed by atoms with Gasteiger partial charge in [0.25, 0.3) is 0 Å². The van der Waals surface area contributed by atoms with E-state index in [2.05, 4.69) is 22.0 Å². The van der Waals surface area contributed by atoms with E-state index in [0.717, 1.165) is 10.0 Å². The summed E-state index contributed by atoms with van der Waals surface area (Å²) < 4.78 is 14.7. The van der Waals surface area contributed by atoms with Crippen LogP contribution in [0.5, 0.6) is 5.75 Å². The van der Waals surface area contributed by atoms with Crippen LogP contribution in [0.1, 0.15) is 30.7 Å². The van der Waals surface area contributed by atoms with Crippen LogP contribution >= 0.6 is 27.5 Å². The number of halogens is 3. The molecule has 0 spiro atoms. The van der Waals surface area contributed by atoms with E-state index in [9.17, 15) is 9.50 Å². The topological polar surface area (TPSA) is 20.2 Å². The molecule has 2 aliphatic rings. The molecular weight excluding hydrogens is 319 g/mol. The van der Waals surface area contributed by atoms with Crippen molar-refractivity contribution in [3.8, 4) is 5.75 Å². The Morgan fingerprint density at radius 1 is 1.33 bits per heavy atom. The Bertz CT molecular complexity index is 506. The molecule has 0 amide bonds. The third kappa shape index (κ3) is 1.88. The van der Waals surface area contributed by atoms with Crippen LogP contribution in [0, 0.1) is 17.7 Å². The monoisotopic (exact) mass is 330 g/mol. The summed E-state index contributed by atoms with van der Waals surface area (Å²) in [5, 5.41) is 9.48. The van der Waals surface area contributed by atoms with Crippen LogP contribution in [0.3, 0.4) is 0 Å².